The van der Waals surface area contributed by atoms with Crippen LogP contribution in [0.1, 0.15) is 20.7 Å². The fourth-order valence-electron chi connectivity index (χ4n) is 5.38. The summed E-state index contributed by atoms with van der Waals surface area (Å²) in [5.74, 6) is 2.58. The van der Waals surface area contributed by atoms with E-state index in [4.69, 9.17) is 25.9 Å². The first kappa shape index (κ1) is 29.7. The molecule has 0 spiro atoms. The minimum Gasteiger partial charge on any atom is -0.456 e. The van der Waals surface area contributed by atoms with Crippen molar-refractivity contribution >= 4 is 33.9 Å². The SMILES string of the molecule is NCCNC(=O)c1ccc2nc(-c3ccc(-c4ccc(-c5ccc(-c6nc7ccc(C(=O)NCCN)cc7[nH]6)cc5)o4)cc3)[nH]c2c1. The molecule has 3 aromatic heterocycles. The highest BCUT2D eigenvalue weighted by Crippen LogP contribution is 2.31. The molecule has 0 atom stereocenters. The number of furan rings is 1. The Morgan fingerprint density at radius 2 is 0.979 bits per heavy atom. The third-order valence-electron chi connectivity index (χ3n) is 7.84. The third-order valence-corrected chi connectivity index (χ3v) is 7.84. The maximum atomic E-state index is 12.3. The molecule has 7 aromatic rings. The van der Waals surface area contributed by atoms with Crippen molar-refractivity contribution in [3.05, 3.63) is 108 Å². The van der Waals surface area contributed by atoms with Crippen molar-refractivity contribution in [1.82, 2.24) is 30.6 Å². The maximum absolute atomic E-state index is 12.3. The molecule has 234 valence electrons. The average molecular weight is 625 g/mol. The van der Waals surface area contributed by atoms with Crippen molar-refractivity contribution < 1.29 is 14.0 Å². The van der Waals surface area contributed by atoms with E-state index in [-0.39, 0.29) is 11.8 Å². The fraction of sp³-hybridized carbons (Fsp3) is 0.111. The van der Waals surface area contributed by atoms with E-state index < -0.39 is 0 Å². The van der Waals surface area contributed by atoms with Crippen molar-refractivity contribution in [2.75, 3.05) is 26.2 Å². The number of imidazole rings is 2. The number of carbonyl (C=O) groups is 2. The second-order valence-electron chi connectivity index (χ2n) is 11.0. The molecule has 0 fully saturated rings. The first-order valence-electron chi connectivity index (χ1n) is 15.3. The van der Waals surface area contributed by atoms with Gasteiger partial charge in [0.1, 0.15) is 23.2 Å². The van der Waals surface area contributed by atoms with Crippen LogP contribution in [0.5, 0.6) is 0 Å². The van der Waals surface area contributed by atoms with Gasteiger partial charge in [0.2, 0.25) is 0 Å². The van der Waals surface area contributed by atoms with Crippen LogP contribution in [0, 0.1) is 0 Å². The number of carbonyl (C=O) groups excluding carboxylic acids is 2. The quantitative estimate of drug-likeness (QED) is 0.123. The normalized spacial score (nSPS) is 11.3. The predicted molar refractivity (Wildman–Crippen MR) is 183 cm³/mol. The summed E-state index contributed by atoms with van der Waals surface area (Å²) in [5, 5.41) is 5.57. The van der Waals surface area contributed by atoms with Crippen molar-refractivity contribution in [2.24, 2.45) is 11.5 Å². The van der Waals surface area contributed by atoms with E-state index in [1.54, 1.807) is 24.3 Å². The number of aromatic amines is 2. The van der Waals surface area contributed by atoms with Crippen LogP contribution in [0.4, 0.5) is 0 Å². The summed E-state index contributed by atoms with van der Waals surface area (Å²) in [7, 11) is 0. The Balaban J connectivity index is 1.05. The smallest absolute Gasteiger partial charge is 0.251 e. The Morgan fingerprint density at radius 3 is 1.38 bits per heavy atom. The van der Waals surface area contributed by atoms with Crippen molar-refractivity contribution in [1.29, 1.82) is 0 Å². The number of nitrogens with one attached hydrogen (secondary N) is 4. The van der Waals surface area contributed by atoms with Crippen LogP contribution in [-0.2, 0) is 0 Å². The second-order valence-corrected chi connectivity index (χ2v) is 11.0. The van der Waals surface area contributed by atoms with Crippen LogP contribution < -0.4 is 22.1 Å². The summed E-state index contributed by atoms with van der Waals surface area (Å²) in [6.45, 7) is 1.62. The number of hydrogen-bond donors (Lipinski definition) is 6. The lowest BCUT2D eigenvalue weighted by atomic mass is 10.1. The summed E-state index contributed by atoms with van der Waals surface area (Å²) in [5.41, 5.74) is 18.9. The summed E-state index contributed by atoms with van der Waals surface area (Å²) >= 11 is 0. The molecule has 2 amide bonds. The van der Waals surface area contributed by atoms with E-state index in [0.29, 0.717) is 49.0 Å². The lowest BCUT2D eigenvalue weighted by Gasteiger charge is -2.02. The van der Waals surface area contributed by atoms with Crippen molar-refractivity contribution in [2.45, 2.75) is 0 Å². The Bertz CT molecular complexity index is 2060. The molecule has 0 unspecified atom stereocenters. The van der Waals surface area contributed by atoms with E-state index in [9.17, 15) is 9.59 Å². The van der Waals surface area contributed by atoms with Crippen LogP contribution >= 0.6 is 0 Å². The van der Waals surface area contributed by atoms with Gasteiger partial charge < -0.3 is 36.5 Å². The van der Waals surface area contributed by atoms with Gasteiger partial charge in [-0.1, -0.05) is 48.5 Å². The lowest BCUT2D eigenvalue weighted by Crippen LogP contribution is -2.28. The van der Waals surface area contributed by atoms with Crippen molar-refractivity contribution in [3.8, 4) is 45.4 Å². The Hall–Kier alpha value is -6.04. The zero-order chi connectivity index (χ0) is 32.3. The molecular formula is C36H32N8O3. The van der Waals surface area contributed by atoms with Gasteiger partial charge in [-0.15, -0.1) is 0 Å². The van der Waals surface area contributed by atoms with Gasteiger partial charge in [0, 0.05) is 59.6 Å². The van der Waals surface area contributed by atoms with Crippen molar-refractivity contribution in [3.63, 3.8) is 0 Å². The number of aromatic nitrogens is 4. The summed E-state index contributed by atoms with van der Waals surface area (Å²) < 4.78 is 6.23. The fourth-order valence-corrected chi connectivity index (χ4v) is 5.38. The highest BCUT2D eigenvalue weighted by Gasteiger charge is 2.13. The number of benzene rings is 4. The minimum absolute atomic E-state index is 0.168. The molecule has 0 radical (unpaired) electrons. The maximum Gasteiger partial charge on any atom is 0.251 e. The predicted octanol–water partition coefficient (Wildman–Crippen LogP) is 5.08. The van der Waals surface area contributed by atoms with Gasteiger partial charge in [0.15, 0.2) is 0 Å². The molecular weight excluding hydrogens is 592 g/mol. The van der Waals surface area contributed by atoms with E-state index in [1.165, 1.54) is 0 Å². The zero-order valence-electron chi connectivity index (χ0n) is 25.3. The molecule has 0 aliphatic carbocycles. The molecule has 11 nitrogen and oxygen atoms in total. The van der Waals surface area contributed by atoms with Crippen LogP contribution in [0.3, 0.4) is 0 Å². The molecule has 47 heavy (non-hydrogen) atoms. The summed E-state index contributed by atoms with van der Waals surface area (Å²) in [4.78, 5) is 40.7. The first-order valence-corrected chi connectivity index (χ1v) is 15.3. The van der Waals surface area contributed by atoms with Gasteiger partial charge >= 0.3 is 0 Å². The molecule has 3 heterocycles. The number of hydrogen-bond acceptors (Lipinski definition) is 7. The number of H-pyrrole nitrogens is 2. The summed E-state index contributed by atoms with van der Waals surface area (Å²) in [6.07, 6.45) is 0. The standard InChI is InChI=1S/C36H32N8O3/c37-15-17-39-35(45)25-9-11-27-29(19-25)43-33(41-27)23-5-1-21(2-6-23)31-13-14-32(47-31)22-3-7-24(8-4-22)34-42-28-12-10-26(20-30(28)44-34)36(46)40-18-16-38/h1-14,19-20H,15-18,37-38H2,(H,39,45)(H,40,46)(H,41,43)(H,42,44). The van der Waals surface area contributed by atoms with Gasteiger partial charge in [-0.05, 0) is 48.5 Å². The number of fused-ring (bicyclic) bond motifs is 2. The molecule has 4 aromatic carbocycles. The average Bonchev–Trinajstić information content (AvgIpc) is 3.88. The molecule has 0 saturated heterocycles. The number of nitrogens with two attached hydrogens (primary N) is 2. The number of nitrogens with zero attached hydrogens (tertiary/aromatic N) is 2. The topological polar surface area (TPSA) is 181 Å². The first-order chi connectivity index (χ1) is 23.0. The molecule has 0 aliphatic heterocycles. The van der Waals surface area contributed by atoms with Crippen LogP contribution in [0.15, 0.2) is 101 Å². The summed E-state index contributed by atoms with van der Waals surface area (Å²) in [6, 6.07) is 30.6. The second kappa shape index (κ2) is 12.8. The highest BCUT2D eigenvalue weighted by molar-refractivity contribution is 5.98. The minimum atomic E-state index is -0.168. The monoisotopic (exact) mass is 624 g/mol. The van der Waals surface area contributed by atoms with Gasteiger partial charge in [0.05, 0.1) is 22.1 Å². The lowest BCUT2D eigenvalue weighted by molar-refractivity contribution is 0.0946. The highest BCUT2D eigenvalue weighted by atomic mass is 16.3. The van der Waals surface area contributed by atoms with E-state index >= 15 is 0 Å². The van der Waals surface area contributed by atoms with E-state index in [2.05, 4.69) is 20.6 Å². The van der Waals surface area contributed by atoms with Gasteiger partial charge in [-0.3, -0.25) is 9.59 Å². The number of rotatable bonds is 10. The van der Waals surface area contributed by atoms with Crippen LogP contribution in [-0.4, -0.2) is 57.9 Å². The zero-order valence-corrected chi connectivity index (χ0v) is 25.3. The molecule has 0 bridgehead atoms. The van der Waals surface area contributed by atoms with Crippen LogP contribution in [0.25, 0.3) is 67.5 Å². The van der Waals surface area contributed by atoms with Gasteiger partial charge in [0.25, 0.3) is 11.8 Å². The largest absolute Gasteiger partial charge is 0.456 e. The Labute approximate surface area is 269 Å². The molecule has 8 N–H and O–H groups in total. The molecule has 11 heteroatoms. The van der Waals surface area contributed by atoms with E-state index in [1.807, 2.05) is 72.8 Å². The molecule has 7 rings (SSSR count). The van der Waals surface area contributed by atoms with E-state index in [0.717, 1.165) is 55.8 Å². The third kappa shape index (κ3) is 6.12. The Morgan fingerprint density at radius 1 is 0.574 bits per heavy atom. The number of amides is 2. The van der Waals surface area contributed by atoms with Gasteiger partial charge in [-0.25, -0.2) is 9.97 Å². The van der Waals surface area contributed by atoms with Gasteiger partial charge in [-0.2, -0.15) is 0 Å². The molecule has 0 saturated carbocycles. The Kier molecular flexibility index (Phi) is 8.05. The van der Waals surface area contributed by atoms with Crippen LogP contribution in [0.2, 0.25) is 0 Å². The molecule has 0 aliphatic rings.